The van der Waals surface area contributed by atoms with Crippen molar-refractivity contribution in [3.8, 4) is 0 Å². The number of nitrogens with one attached hydrogen (secondary N) is 1. The number of carbonyl (C=O) groups excluding carboxylic acids is 1. The van der Waals surface area contributed by atoms with Crippen molar-refractivity contribution in [1.29, 1.82) is 0 Å². The topological polar surface area (TPSA) is 61.4 Å². The monoisotopic (exact) mass is 351 g/mol. The highest BCUT2D eigenvalue weighted by atomic mass is 16.2. The first-order chi connectivity index (χ1) is 12.8. The minimum Gasteiger partial charge on any atom is -0.367 e. The van der Waals surface area contributed by atoms with Crippen molar-refractivity contribution in [2.24, 2.45) is 0 Å². The summed E-state index contributed by atoms with van der Waals surface area (Å²) in [4.78, 5) is 25.8. The molecule has 0 spiro atoms. The van der Waals surface area contributed by atoms with Crippen molar-refractivity contribution >= 4 is 17.5 Å². The predicted octanol–water partition coefficient (Wildman–Crippen LogP) is 2.79. The molecule has 2 aromatic rings. The van der Waals surface area contributed by atoms with E-state index in [0.717, 1.165) is 24.7 Å². The first kappa shape index (κ1) is 16.8. The molecule has 1 aliphatic heterocycles. The van der Waals surface area contributed by atoms with Crippen molar-refractivity contribution in [2.75, 3.05) is 36.4 Å². The van der Waals surface area contributed by atoms with Gasteiger partial charge in [-0.1, -0.05) is 18.9 Å². The molecule has 0 atom stereocenters. The Hall–Kier alpha value is -2.63. The van der Waals surface area contributed by atoms with Crippen LogP contribution in [0.3, 0.4) is 0 Å². The molecule has 136 valence electrons. The van der Waals surface area contributed by atoms with Crippen molar-refractivity contribution in [3.05, 3.63) is 48.3 Å². The van der Waals surface area contributed by atoms with Crippen LogP contribution in [0, 0.1) is 0 Å². The lowest BCUT2D eigenvalue weighted by Gasteiger charge is -2.35. The number of anilines is 2. The normalized spacial score (nSPS) is 18.2. The summed E-state index contributed by atoms with van der Waals surface area (Å²) in [5.74, 6) is 1.88. The van der Waals surface area contributed by atoms with Gasteiger partial charge in [0.2, 0.25) is 0 Å². The third-order valence-electron chi connectivity index (χ3n) is 5.25. The van der Waals surface area contributed by atoms with Gasteiger partial charge >= 0.3 is 0 Å². The summed E-state index contributed by atoms with van der Waals surface area (Å²) >= 11 is 0. The van der Waals surface area contributed by atoms with E-state index in [1.165, 1.54) is 25.7 Å². The molecule has 6 heteroatoms. The van der Waals surface area contributed by atoms with Crippen LogP contribution in [0.4, 0.5) is 11.6 Å². The minimum atomic E-state index is 0.0857. The van der Waals surface area contributed by atoms with Gasteiger partial charge in [-0.2, -0.15) is 0 Å². The van der Waals surface area contributed by atoms with Crippen LogP contribution in [0.1, 0.15) is 36.0 Å². The SMILES string of the molecule is O=C(c1ccnc(NC2CCCC2)c1)N1CCN(c2ccccn2)CC1. The molecule has 0 radical (unpaired) electrons. The molecule has 2 aromatic heterocycles. The van der Waals surface area contributed by atoms with Gasteiger partial charge in [-0.15, -0.1) is 0 Å². The van der Waals surface area contributed by atoms with Crippen LogP contribution in [-0.4, -0.2) is 53.0 Å². The summed E-state index contributed by atoms with van der Waals surface area (Å²) in [6, 6.07) is 10.1. The van der Waals surface area contributed by atoms with Crippen molar-refractivity contribution < 1.29 is 4.79 Å². The summed E-state index contributed by atoms with van der Waals surface area (Å²) in [5.41, 5.74) is 0.715. The van der Waals surface area contributed by atoms with Gasteiger partial charge in [0.15, 0.2) is 0 Å². The van der Waals surface area contributed by atoms with Gasteiger partial charge in [-0.05, 0) is 37.1 Å². The fourth-order valence-corrected chi connectivity index (χ4v) is 3.78. The van der Waals surface area contributed by atoms with Gasteiger partial charge in [0.05, 0.1) is 0 Å². The number of hydrogen-bond donors (Lipinski definition) is 1. The zero-order chi connectivity index (χ0) is 17.8. The maximum absolute atomic E-state index is 12.9. The van der Waals surface area contributed by atoms with Crippen LogP contribution in [0.25, 0.3) is 0 Å². The van der Waals surface area contributed by atoms with Crippen LogP contribution >= 0.6 is 0 Å². The molecule has 0 aromatic carbocycles. The van der Waals surface area contributed by atoms with Crippen LogP contribution in [0.5, 0.6) is 0 Å². The van der Waals surface area contributed by atoms with Crippen LogP contribution in [0.15, 0.2) is 42.7 Å². The predicted molar refractivity (Wildman–Crippen MR) is 102 cm³/mol. The smallest absolute Gasteiger partial charge is 0.254 e. The molecule has 1 N–H and O–H groups in total. The summed E-state index contributed by atoms with van der Waals surface area (Å²) in [5, 5.41) is 3.47. The molecule has 26 heavy (non-hydrogen) atoms. The number of hydrogen-bond acceptors (Lipinski definition) is 5. The second-order valence-corrected chi connectivity index (χ2v) is 7.02. The Bertz CT molecular complexity index is 737. The maximum atomic E-state index is 12.9. The minimum absolute atomic E-state index is 0.0857. The summed E-state index contributed by atoms with van der Waals surface area (Å²) in [6.07, 6.45) is 8.47. The summed E-state index contributed by atoms with van der Waals surface area (Å²) in [6.45, 7) is 3.04. The fraction of sp³-hybridized carbons (Fsp3) is 0.450. The molecule has 1 amide bonds. The van der Waals surface area contributed by atoms with Crippen LogP contribution in [0.2, 0.25) is 0 Å². The lowest BCUT2D eigenvalue weighted by atomic mass is 10.2. The average molecular weight is 351 g/mol. The molecule has 3 heterocycles. The average Bonchev–Trinajstić information content (AvgIpc) is 3.21. The van der Waals surface area contributed by atoms with Crippen molar-refractivity contribution in [3.63, 3.8) is 0 Å². The van der Waals surface area contributed by atoms with E-state index in [0.29, 0.717) is 24.7 Å². The molecular formula is C20H25N5O. The molecule has 2 aliphatic rings. The van der Waals surface area contributed by atoms with Crippen molar-refractivity contribution in [2.45, 2.75) is 31.7 Å². The molecule has 4 rings (SSSR count). The molecule has 6 nitrogen and oxygen atoms in total. The number of amides is 1. The van der Waals surface area contributed by atoms with E-state index in [9.17, 15) is 4.79 Å². The lowest BCUT2D eigenvalue weighted by Crippen LogP contribution is -2.49. The van der Waals surface area contributed by atoms with Gasteiger partial charge in [-0.25, -0.2) is 9.97 Å². The Morgan fingerprint density at radius 3 is 2.54 bits per heavy atom. The highest BCUT2D eigenvalue weighted by molar-refractivity contribution is 5.95. The molecule has 1 saturated carbocycles. The standard InChI is InChI=1S/C20H25N5O/c26-20(16-8-10-21-18(15-16)23-17-5-1-2-6-17)25-13-11-24(12-14-25)19-7-3-4-9-22-19/h3-4,7-10,15,17H,1-2,5-6,11-14H2,(H,21,23). The Morgan fingerprint density at radius 1 is 1.00 bits per heavy atom. The second kappa shape index (κ2) is 7.72. The third-order valence-corrected chi connectivity index (χ3v) is 5.25. The Labute approximate surface area is 154 Å². The molecule has 1 saturated heterocycles. The first-order valence-corrected chi connectivity index (χ1v) is 9.47. The molecule has 1 aliphatic carbocycles. The quantitative estimate of drug-likeness (QED) is 0.918. The van der Waals surface area contributed by atoms with Crippen molar-refractivity contribution in [1.82, 2.24) is 14.9 Å². The van der Waals surface area contributed by atoms with Gasteiger partial charge in [-0.3, -0.25) is 4.79 Å². The number of nitrogens with zero attached hydrogens (tertiary/aromatic N) is 4. The van der Waals surface area contributed by atoms with Crippen LogP contribution < -0.4 is 10.2 Å². The van der Waals surface area contributed by atoms with E-state index in [1.807, 2.05) is 41.4 Å². The molecule has 0 bridgehead atoms. The lowest BCUT2D eigenvalue weighted by molar-refractivity contribution is 0.0746. The number of carbonyl (C=O) groups is 1. The Morgan fingerprint density at radius 2 is 1.81 bits per heavy atom. The first-order valence-electron chi connectivity index (χ1n) is 9.47. The third kappa shape index (κ3) is 3.79. The molecule has 0 unspecified atom stereocenters. The summed E-state index contributed by atoms with van der Waals surface area (Å²) < 4.78 is 0. The maximum Gasteiger partial charge on any atom is 0.254 e. The van der Waals surface area contributed by atoms with E-state index in [4.69, 9.17) is 0 Å². The largest absolute Gasteiger partial charge is 0.367 e. The van der Waals surface area contributed by atoms with E-state index in [1.54, 1.807) is 6.20 Å². The summed E-state index contributed by atoms with van der Waals surface area (Å²) in [7, 11) is 0. The van der Waals surface area contributed by atoms with E-state index in [2.05, 4.69) is 20.2 Å². The Kier molecular flexibility index (Phi) is 5.00. The molecular weight excluding hydrogens is 326 g/mol. The number of piperazine rings is 1. The second-order valence-electron chi connectivity index (χ2n) is 7.02. The zero-order valence-electron chi connectivity index (χ0n) is 15.0. The number of aromatic nitrogens is 2. The van der Waals surface area contributed by atoms with Gasteiger partial charge in [0, 0.05) is 50.2 Å². The zero-order valence-corrected chi connectivity index (χ0v) is 15.0. The van der Waals surface area contributed by atoms with E-state index < -0.39 is 0 Å². The molecule has 2 fully saturated rings. The van der Waals surface area contributed by atoms with E-state index >= 15 is 0 Å². The van der Waals surface area contributed by atoms with Crippen LogP contribution in [-0.2, 0) is 0 Å². The Balaban J connectivity index is 1.37. The highest BCUT2D eigenvalue weighted by Crippen LogP contribution is 2.22. The van der Waals surface area contributed by atoms with Gasteiger partial charge in [0.1, 0.15) is 11.6 Å². The van der Waals surface area contributed by atoms with E-state index in [-0.39, 0.29) is 5.91 Å². The highest BCUT2D eigenvalue weighted by Gasteiger charge is 2.23. The number of rotatable bonds is 4. The van der Waals surface area contributed by atoms with Gasteiger partial charge < -0.3 is 15.1 Å². The number of pyridine rings is 2. The fourth-order valence-electron chi connectivity index (χ4n) is 3.78. The van der Waals surface area contributed by atoms with Gasteiger partial charge in [0.25, 0.3) is 5.91 Å².